The van der Waals surface area contributed by atoms with Crippen LogP contribution in [0.3, 0.4) is 0 Å². The van der Waals surface area contributed by atoms with Gasteiger partial charge in [-0.05, 0) is 48.4 Å². The Morgan fingerprint density at radius 3 is 2.50 bits per heavy atom. The van der Waals surface area contributed by atoms with E-state index in [9.17, 15) is 13.2 Å². The molecule has 26 heavy (non-hydrogen) atoms. The van der Waals surface area contributed by atoms with Crippen molar-refractivity contribution in [2.24, 2.45) is 5.16 Å². The largest absolute Gasteiger partial charge is 0.377 e. The summed E-state index contributed by atoms with van der Waals surface area (Å²) in [6.45, 7) is 0.324. The topological polar surface area (TPSA) is 76.0 Å². The number of hydrogen-bond donors (Lipinski definition) is 0. The first kappa shape index (κ1) is 17.2. The van der Waals surface area contributed by atoms with Crippen LogP contribution in [0.5, 0.6) is 0 Å². The van der Waals surface area contributed by atoms with Gasteiger partial charge in [0.2, 0.25) is 5.60 Å². The summed E-state index contributed by atoms with van der Waals surface area (Å²) in [4.78, 5) is 21.5. The van der Waals surface area contributed by atoms with Crippen LogP contribution in [0.1, 0.15) is 29.7 Å². The fraction of sp³-hybridized carbons (Fsp3) is 0.333. The molecular weight excluding hydrogens is 372 g/mol. The van der Waals surface area contributed by atoms with E-state index in [4.69, 9.17) is 4.84 Å². The summed E-state index contributed by atoms with van der Waals surface area (Å²) in [5, 5.41) is 6.19. The Labute approximate surface area is 156 Å². The van der Waals surface area contributed by atoms with Crippen LogP contribution in [0.15, 0.2) is 51.8 Å². The minimum Gasteiger partial charge on any atom is -0.377 e. The molecule has 1 aliphatic carbocycles. The van der Waals surface area contributed by atoms with Gasteiger partial charge >= 0.3 is 0 Å². The molecule has 0 radical (unpaired) electrons. The summed E-state index contributed by atoms with van der Waals surface area (Å²) in [5.74, 6) is 0.434. The predicted molar refractivity (Wildman–Crippen MR) is 98.6 cm³/mol. The van der Waals surface area contributed by atoms with Crippen LogP contribution >= 0.6 is 11.3 Å². The molecule has 2 heterocycles. The summed E-state index contributed by atoms with van der Waals surface area (Å²) in [6.07, 6.45) is 3.48. The number of oxime groups is 1. The van der Waals surface area contributed by atoms with Crippen molar-refractivity contribution in [2.75, 3.05) is 6.26 Å². The fourth-order valence-corrected chi connectivity index (χ4v) is 4.46. The Bertz CT molecular complexity index is 959. The molecule has 8 heteroatoms. The number of amidine groups is 1. The number of sulfone groups is 1. The number of carbonyl (C=O) groups excluding carboxylic acids is 1. The van der Waals surface area contributed by atoms with Crippen LogP contribution in [0.4, 0.5) is 0 Å². The van der Waals surface area contributed by atoms with Crippen molar-refractivity contribution >= 4 is 32.9 Å². The van der Waals surface area contributed by atoms with Gasteiger partial charge in [0.25, 0.3) is 5.91 Å². The molecule has 1 aromatic heterocycles. The van der Waals surface area contributed by atoms with Crippen LogP contribution in [0.2, 0.25) is 0 Å². The highest BCUT2D eigenvalue weighted by Crippen LogP contribution is 2.40. The van der Waals surface area contributed by atoms with Crippen molar-refractivity contribution < 1.29 is 18.0 Å². The van der Waals surface area contributed by atoms with Crippen molar-refractivity contribution in [3.63, 3.8) is 0 Å². The van der Waals surface area contributed by atoms with E-state index in [0.717, 1.165) is 16.9 Å². The highest BCUT2D eigenvalue weighted by Gasteiger charge is 2.53. The molecule has 0 atom stereocenters. The number of thiophene rings is 1. The van der Waals surface area contributed by atoms with E-state index >= 15 is 0 Å². The zero-order valence-electron chi connectivity index (χ0n) is 14.2. The highest BCUT2D eigenvalue weighted by atomic mass is 32.2. The van der Waals surface area contributed by atoms with Crippen LogP contribution in [-0.4, -0.2) is 36.9 Å². The molecule has 1 saturated carbocycles. The first-order valence-corrected chi connectivity index (χ1v) is 11.1. The SMILES string of the molecule is CS(=O)(=O)c1ccc(CN2C(=O)C3(CCC3)ON=C2c2cccs2)cc1. The number of nitrogens with zero attached hydrogens (tertiary/aromatic N) is 2. The maximum Gasteiger partial charge on any atom is 0.275 e. The average Bonchev–Trinajstić information content (AvgIpc) is 3.09. The normalized spacial score (nSPS) is 19.0. The summed E-state index contributed by atoms with van der Waals surface area (Å²) < 4.78 is 23.3. The van der Waals surface area contributed by atoms with Gasteiger partial charge in [-0.25, -0.2) is 8.42 Å². The van der Waals surface area contributed by atoms with Crippen LogP contribution in [0, 0.1) is 0 Å². The number of benzene rings is 1. The van der Waals surface area contributed by atoms with Crippen molar-refractivity contribution in [3.05, 3.63) is 52.2 Å². The van der Waals surface area contributed by atoms with Gasteiger partial charge in [0.1, 0.15) is 0 Å². The zero-order chi connectivity index (χ0) is 18.4. The van der Waals surface area contributed by atoms with Crippen molar-refractivity contribution in [1.29, 1.82) is 0 Å². The van der Waals surface area contributed by atoms with Gasteiger partial charge in [-0.2, -0.15) is 0 Å². The maximum absolute atomic E-state index is 13.1. The molecule has 0 bridgehead atoms. The standard InChI is InChI=1S/C18H18N2O4S2/c1-26(22,23)14-7-5-13(6-8-14)12-20-16(15-4-2-11-25-15)19-24-18(17(20)21)9-3-10-18/h2,4-8,11H,3,9-10,12H2,1H3. The van der Waals surface area contributed by atoms with Gasteiger partial charge in [-0.15, -0.1) is 11.3 Å². The van der Waals surface area contributed by atoms with Gasteiger partial charge in [0.15, 0.2) is 15.7 Å². The molecule has 2 aromatic rings. The lowest BCUT2D eigenvalue weighted by atomic mass is 9.78. The first-order valence-electron chi connectivity index (χ1n) is 8.30. The molecule has 1 aliphatic heterocycles. The molecule has 1 spiro atoms. The van der Waals surface area contributed by atoms with E-state index in [1.807, 2.05) is 17.5 Å². The van der Waals surface area contributed by atoms with Gasteiger partial charge < -0.3 is 4.84 Å². The second-order valence-electron chi connectivity index (χ2n) is 6.64. The van der Waals surface area contributed by atoms with E-state index in [0.29, 0.717) is 25.2 Å². The minimum atomic E-state index is -3.25. The Balaban J connectivity index is 1.66. The minimum absolute atomic E-state index is 0.0747. The molecule has 2 aliphatic rings. The van der Waals surface area contributed by atoms with Gasteiger partial charge in [-0.3, -0.25) is 9.69 Å². The number of carbonyl (C=O) groups is 1. The van der Waals surface area contributed by atoms with E-state index < -0.39 is 15.4 Å². The van der Waals surface area contributed by atoms with Gasteiger partial charge in [0.05, 0.1) is 16.3 Å². The van der Waals surface area contributed by atoms with Gasteiger partial charge in [-0.1, -0.05) is 23.4 Å². The maximum atomic E-state index is 13.1. The van der Waals surface area contributed by atoms with E-state index in [1.54, 1.807) is 29.2 Å². The number of hydrogen-bond acceptors (Lipinski definition) is 6. The van der Waals surface area contributed by atoms with E-state index in [2.05, 4.69) is 5.16 Å². The second kappa shape index (κ2) is 6.21. The van der Waals surface area contributed by atoms with Gasteiger partial charge in [0, 0.05) is 6.26 Å². The molecular formula is C18H18N2O4S2. The molecule has 1 fully saturated rings. The van der Waals surface area contributed by atoms with E-state index in [-0.39, 0.29) is 10.8 Å². The van der Waals surface area contributed by atoms with Crippen molar-refractivity contribution in [2.45, 2.75) is 36.3 Å². The summed E-state index contributed by atoms with van der Waals surface area (Å²) in [6, 6.07) is 10.4. The van der Waals surface area contributed by atoms with Crippen molar-refractivity contribution in [3.8, 4) is 0 Å². The molecule has 136 valence electrons. The molecule has 1 amide bonds. The summed E-state index contributed by atoms with van der Waals surface area (Å²) in [5.41, 5.74) is 0.0133. The quantitative estimate of drug-likeness (QED) is 0.804. The number of amides is 1. The second-order valence-corrected chi connectivity index (χ2v) is 9.60. The Morgan fingerprint density at radius 2 is 1.96 bits per heavy atom. The monoisotopic (exact) mass is 390 g/mol. The lowest BCUT2D eigenvalue weighted by molar-refractivity contribution is -0.173. The average molecular weight is 390 g/mol. The highest BCUT2D eigenvalue weighted by molar-refractivity contribution is 7.90. The van der Waals surface area contributed by atoms with Crippen LogP contribution in [-0.2, 0) is 26.0 Å². The third kappa shape index (κ3) is 2.93. The van der Waals surface area contributed by atoms with Crippen LogP contribution in [0.25, 0.3) is 0 Å². The first-order chi connectivity index (χ1) is 12.4. The van der Waals surface area contributed by atoms with Crippen LogP contribution < -0.4 is 0 Å². The molecule has 0 saturated heterocycles. The smallest absolute Gasteiger partial charge is 0.275 e. The summed E-state index contributed by atoms with van der Waals surface area (Å²) >= 11 is 1.49. The Hall–Kier alpha value is -2.19. The molecule has 1 aromatic carbocycles. The fourth-order valence-electron chi connectivity index (χ4n) is 3.12. The van der Waals surface area contributed by atoms with E-state index in [1.165, 1.54) is 17.6 Å². The third-order valence-electron chi connectivity index (χ3n) is 4.79. The zero-order valence-corrected chi connectivity index (χ0v) is 15.8. The third-order valence-corrected chi connectivity index (χ3v) is 6.79. The molecule has 4 rings (SSSR count). The molecule has 0 N–H and O–H groups in total. The lowest BCUT2D eigenvalue weighted by Gasteiger charge is -2.44. The molecule has 0 unspecified atom stereocenters. The number of rotatable bonds is 4. The Kier molecular flexibility index (Phi) is 4.11. The summed E-state index contributed by atoms with van der Waals surface area (Å²) in [7, 11) is -3.25. The Morgan fingerprint density at radius 1 is 1.23 bits per heavy atom. The predicted octanol–water partition coefficient (Wildman–Crippen LogP) is 2.79. The molecule has 6 nitrogen and oxygen atoms in total. The van der Waals surface area contributed by atoms with Crippen molar-refractivity contribution in [1.82, 2.24) is 4.90 Å². The lowest BCUT2D eigenvalue weighted by Crippen LogP contribution is -2.58.